The largest absolute Gasteiger partial charge is 0.378 e. The van der Waals surface area contributed by atoms with Gasteiger partial charge >= 0.3 is 0 Å². The first kappa shape index (κ1) is 18.8. The normalized spacial score (nSPS) is 21.1. The summed E-state index contributed by atoms with van der Waals surface area (Å²) in [7, 11) is 0. The monoisotopic (exact) mass is 414 g/mol. The van der Waals surface area contributed by atoms with E-state index in [1.807, 2.05) is 4.90 Å². The predicted octanol–water partition coefficient (Wildman–Crippen LogP) is 2.28. The molecule has 29 heavy (non-hydrogen) atoms. The van der Waals surface area contributed by atoms with Crippen molar-refractivity contribution >= 4 is 22.2 Å². The van der Waals surface area contributed by atoms with E-state index in [9.17, 15) is 4.79 Å². The van der Waals surface area contributed by atoms with E-state index >= 15 is 0 Å². The van der Waals surface area contributed by atoms with Crippen LogP contribution in [-0.4, -0.2) is 74.7 Å². The Balaban J connectivity index is 1.32. The smallest absolute Gasteiger partial charge is 0.257 e. The number of aromatic amines is 1. The van der Waals surface area contributed by atoms with E-state index in [-0.39, 0.29) is 11.8 Å². The van der Waals surface area contributed by atoms with Crippen LogP contribution in [0.5, 0.6) is 0 Å². The Labute approximate surface area is 173 Å². The number of thiazole rings is 1. The minimum Gasteiger partial charge on any atom is -0.378 e. The molecule has 2 aliphatic heterocycles. The van der Waals surface area contributed by atoms with Gasteiger partial charge in [0, 0.05) is 43.7 Å². The Bertz CT molecular complexity index is 1000. The van der Waals surface area contributed by atoms with Gasteiger partial charge in [0.1, 0.15) is 0 Å². The van der Waals surface area contributed by atoms with Crippen molar-refractivity contribution in [3.8, 4) is 0 Å². The molecular weight excluding hydrogens is 388 g/mol. The standard InChI is InChI=1S/C20H26N6O2S/c1-14-17(26-7-10-29-20(26)22-14)13-24-4-2-3-15(12-24)18-16(11-21-23-18)19(27)25-5-8-28-9-6-25/h7,10-11,15H,2-6,8-9,12-13H2,1H3,(H,21,23). The number of rotatable bonds is 4. The van der Waals surface area contributed by atoms with Crippen LogP contribution < -0.4 is 0 Å². The van der Waals surface area contributed by atoms with Gasteiger partial charge in [-0.25, -0.2) is 4.98 Å². The zero-order valence-electron chi connectivity index (χ0n) is 16.6. The number of imidazole rings is 1. The van der Waals surface area contributed by atoms with Gasteiger partial charge in [-0.2, -0.15) is 5.10 Å². The van der Waals surface area contributed by atoms with Crippen molar-refractivity contribution < 1.29 is 9.53 Å². The van der Waals surface area contributed by atoms with Crippen LogP contribution in [0.1, 0.15) is 46.2 Å². The topological polar surface area (TPSA) is 78.8 Å². The van der Waals surface area contributed by atoms with Crippen molar-refractivity contribution in [2.45, 2.75) is 32.2 Å². The van der Waals surface area contributed by atoms with E-state index < -0.39 is 0 Å². The summed E-state index contributed by atoms with van der Waals surface area (Å²) in [6, 6.07) is 0. The highest BCUT2D eigenvalue weighted by atomic mass is 32.1. The number of nitrogens with one attached hydrogen (secondary N) is 1. The van der Waals surface area contributed by atoms with Crippen LogP contribution in [0.4, 0.5) is 0 Å². The molecule has 1 unspecified atom stereocenters. The number of likely N-dealkylation sites (tertiary alicyclic amines) is 1. The average molecular weight is 415 g/mol. The van der Waals surface area contributed by atoms with Crippen molar-refractivity contribution in [3.05, 3.63) is 40.4 Å². The number of aromatic nitrogens is 4. The Morgan fingerprint density at radius 1 is 1.34 bits per heavy atom. The van der Waals surface area contributed by atoms with Gasteiger partial charge < -0.3 is 9.64 Å². The highest BCUT2D eigenvalue weighted by molar-refractivity contribution is 7.15. The highest BCUT2D eigenvalue weighted by Crippen LogP contribution is 2.30. The molecule has 0 bridgehead atoms. The van der Waals surface area contributed by atoms with E-state index in [4.69, 9.17) is 4.74 Å². The lowest BCUT2D eigenvalue weighted by molar-refractivity contribution is 0.0301. The van der Waals surface area contributed by atoms with Crippen LogP contribution in [0, 0.1) is 6.92 Å². The molecule has 3 aromatic heterocycles. The van der Waals surface area contributed by atoms with Crippen LogP contribution in [0.2, 0.25) is 0 Å². The molecule has 154 valence electrons. The molecule has 5 heterocycles. The minimum absolute atomic E-state index is 0.0702. The summed E-state index contributed by atoms with van der Waals surface area (Å²) in [6.07, 6.45) is 5.98. The van der Waals surface area contributed by atoms with Gasteiger partial charge in [0.05, 0.1) is 42.1 Å². The highest BCUT2D eigenvalue weighted by Gasteiger charge is 2.29. The van der Waals surface area contributed by atoms with Gasteiger partial charge in [0.15, 0.2) is 4.96 Å². The molecule has 2 aliphatic rings. The number of fused-ring (bicyclic) bond motifs is 1. The summed E-state index contributed by atoms with van der Waals surface area (Å²) >= 11 is 1.67. The first-order chi connectivity index (χ1) is 14.2. The second-order valence-corrected chi connectivity index (χ2v) is 8.75. The van der Waals surface area contributed by atoms with E-state index in [1.54, 1.807) is 17.5 Å². The van der Waals surface area contributed by atoms with Crippen molar-refractivity contribution in [3.63, 3.8) is 0 Å². The molecule has 2 saturated heterocycles. The molecule has 1 amide bonds. The number of H-pyrrole nitrogens is 1. The third-order valence-electron chi connectivity index (χ3n) is 6.05. The number of ether oxygens (including phenoxy) is 1. The lowest BCUT2D eigenvalue weighted by Gasteiger charge is -2.33. The SMILES string of the molecule is Cc1nc2sccn2c1CN1CCCC(c2[nH]ncc2C(=O)N2CCOCC2)C1. The molecule has 0 aromatic carbocycles. The fourth-order valence-electron chi connectivity index (χ4n) is 4.49. The molecule has 8 nitrogen and oxygen atoms in total. The van der Waals surface area contributed by atoms with Crippen LogP contribution >= 0.6 is 11.3 Å². The number of hydrogen-bond acceptors (Lipinski definition) is 6. The van der Waals surface area contributed by atoms with Crippen LogP contribution in [0.3, 0.4) is 0 Å². The number of carbonyl (C=O) groups is 1. The molecule has 3 aromatic rings. The summed E-state index contributed by atoms with van der Waals surface area (Å²) < 4.78 is 7.58. The predicted molar refractivity (Wildman–Crippen MR) is 110 cm³/mol. The Hall–Kier alpha value is -2.23. The fourth-order valence-corrected chi connectivity index (χ4v) is 5.27. The summed E-state index contributed by atoms with van der Waals surface area (Å²) in [5.74, 6) is 0.359. The third-order valence-corrected chi connectivity index (χ3v) is 6.80. The zero-order chi connectivity index (χ0) is 19.8. The van der Waals surface area contributed by atoms with E-state index in [1.165, 1.54) is 5.69 Å². The maximum atomic E-state index is 13.0. The molecule has 0 saturated carbocycles. The molecule has 5 rings (SSSR count). The molecule has 2 fully saturated rings. The first-order valence-electron chi connectivity index (χ1n) is 10.2. The lowest BCUT2D eigenvalue weighted by atomic mass is 9.92. The molecule has 0 spiro atoms. The van der Waals surface area contributed by atoms with Crippen molar-refractivity contribution in [1.29, 1.82) is 0 Å². The number of carbonyl (C=O) groups excluding carboxylic acids is 1. The Morgan fingerprint density at radius 3 is 3.07 bits per heavy atom. The summed E-state index contributed by atoms with van der Waals surface area (Å²) in [4.78, 5) is 23.1. The molecular formula is C20H26N6O2S. The number of morpholine rings is 1. The van der Waals surface area contributed by atoms with Gasteiger partial charge in [0.25, 0.3) is 5.91 Å². The number of amides is 1. The van der Waals surface area contributed by atoms with Crippen LogP contribution in [0.25, 0.3) is 4.96 Å². The summed E-state index contributed by atoms with van der Waals surface area (Å²) in [6.45, 7) is 7.46. The van der Waals surface area contributed by atoms with Gasteiger partial charge in [-0.15, -0.1) is 11.3 Å². The number of aryl methyl sites for hydroxylation is 1. The van der Waals surface area contributed by atoms with Crippen molar-refractivity contribution in [1.82, 2.24) is 29.4 Å². The van der Waals surface area contributed by atoms with Gasteiger partial charge in [-0.05, 0) is 26.3 Å². The van der Waals surface area contributed by atoms with Crippen molar-refractivity contribution in [2.75, 3.05) is 39.4 Å². The maximum Gasteiger partial charge on any atom is 0.257 e. The number of nitrogens with zero attached hydrogens (tertiary/aromatic N) is 5. The molecule has 1 atom stereocenters. The second-order valence-electron chi connectivity index (χ2n) is 7.88. The average Bonchev–Trinajstić information content (AvgIpc) is 3.47. The van der Waals surface area contributed by atoms with Gasteiger partial charge in [-0.3, -0.25) is 19.2 Å². The summed E-state index contributed by atoms with van der Waals surface area (Å²) in [5, 5.41) is 9.45. The van der Waals surface area contributed by atoms with Gasteiger partial charge in [0.2, 0.25) is 0 Å². The lowest BCUT2D eigenvalue weighted by Crippen LogP contribution is -2.41. The van der Waals surface area contributed by atoms with Crippen molar-refractivity contribution in [2.24, 2.45) is 0 Å². The Kier molecular flexibility index (Phi) is 5.11. The summed E-state index contributed by atoms with van der Waals surface area (Å²) in [5.41, 5.74) is 4.07. The second kappa shape index (κ2) is 7.89. The number of piperidine rings is 1. The Morgan fingerprint density at radius 2 is 2.21 bits per heavy atom. The van der Waals surface area contributed by atoms with Crippen LogP contribution in [-0.2, 0) is 11.3 Å². The number of hydrogen-bond donors (Lipinski definition) is 1. The van der Waals surface area contributed by atoms with Gasteiger partial charge in [-0.1, -0.05) is 0 Å². The minimum atomic E-state index is 0.0702. The molecule has 9 heteroatoms. The van der Waals surface area contributed by atoms with Crippen LogP contribution in [0.15, 0.2) is 17.8 Å². The quantitative estimate of drug-likeness (QED) is 0.709. The van der Waals surface area contributed by atoms with E-state index in [0.29, 0.717) is 26.3 Å². The van der Waals surface area contributed by atoms with E-state index in [2.05, 4.69) is 43.0 Å². The molecule has 1 N–H and O–H groups in total. The fraction of sp³-hybridized carbons (Fsp3) is 0.550. The maximum absolute atomic E-state index is 13.0. The molecule has 0 radical (unpaired) electrons. The first-order valence-corrected chi connectivity index (χ1v) is 11.1. The molecule has 0 aliphatic carbocycles. The zero-order valence-corrected chi connectivity index (χ0v) is 17.5. The van der Waals surface area contributed by atoms with E-state index in [0.717, 1.165) is 54.4 Å². The third kappa shape index (κ3) is 3.58.